The molecule has 0 rings (SSSR count). The van der Waals surface area contributed by atoms with Crippen LogP contribution in [0.4, 0.5) is 0 Å². The molecule has 0 aromatic heterocycles. The van der Waals surface area contributed by atoms with Crippen LogP contribution >= 0.6 is 34.8 Å². The lowest BCUT2D eigenvalue weighted by atomic mass is 11.9. The lowest BCUT2D eigenvalue weighted by Crippen LogP contribution is -1.55. The molecule has 0 aliphatic heterocycles. The van der Waals surface area contributed by atoms with Crippen LogP contribution in [0.1, 0.15) is 1.43 Å². The number of hydrogen-bond donors (Lipinski definition) is 0. The number of halogens is 3. The minimum absolute atomic E-state index is 0. The molecule has 0 aromatic carbocycles. The molecule has 0 bridgehead atoms. The van der Waals surface area contributed by atoms with Gasteiger partial charge in [0.25, 0.3) is 0 Å². The van der Waals surface area contributed by atoms with Gasteiger partial charge >= 0.3 is 0 Å². The maximum Gasteiger partial charge on any atom is 0.180 e. The van der Waals surface area contributed by atoms with Gasteiger partial charge in [0.2, 0.25) is 0 Å². The molecule has 0 amide bonds. The zero-order valence-electron chi connectivity index (χ0n) is 1.71. The van der Waals surface area contributed by atoms with Gasteiger partial charge in [-0.05, 0) is 0 Å². The van der Waals surface area contributed by atoms with Crippen molar-refractivity contribution in [2.24, 2.45) is 0 Å². The Balaban J connectivity index is 0. The summed E-state index contributed by atoms with van der Waals surface area (Å²) >= 11 is 14.4. The second kappa shape index (κ2) is 2.13. The highest BCUT2D eigenvalue weighted by molar-refractivity contribution is 6.63. The molecule has 0 N–H and O–H groups in total. The van der Waals surface area contributed by atoms with E-state index < -0.39 is 4.30 Å². The molecule has 0 spiro atoms. The molecule has 0 aliphatic carbocycles. The third kappa shape index (κ3) is 13.3. The lowest BCUT2D eigenvalue weighted by Gasteiger charge is -1.69. The Morgan fingerprint density at radius 2 is 1.25 bits per heavy atom. The largest absolute Gasteiger partial charge is 0.180 e. The predicted molar refractivity (Wildman–Crippen MR) is 23.5 cm³/mol. The topological polar surface area (TPSA) is 0 Å². The van der Waals surface area contributed by atoms with Crippen molar-refractivity contribution in [1.82, 2.24) is 0 Å². The van der Waals surface area contributed by atoms with Crippen molar-refractivity contribution in [3.05, 3.63) is 0 Å². The van der Waals surface area contributed by atoms with Gasteiger partial charge in [0.1, 0.15) is 0 Å². The predicted octanol–water partition coefficient (Wildman–Crippen LogP) is 2.23. The van der Waals surface area contributed by atoms with Crippen LogP contribution < -0.4 is 0 Å². The molecule has 28 valence electrons. The maximum atomic E-state index is 4.81. The Hall–Kier alpha value is 0.870. The van der Waals surface area contributed by atoms with Gasteiger partial charge in [-0.15, -0.1) is 0 Å². The third-order valence-corrected chi connectivity index (χ3v) is 0. The van der Waals surface area contributed by atoms with E-state index in [0.29, 0.717) is 0 Å². The fourth-order valence-electron chi connectivity index (χ4n) is 0. The van der Waals surface area contributed by atoms with Crippen LogP contribution in [-0.4, -0.2) is 4.30 Å². The Morgan fingerprint density at radius 3 is 1.25 bits per heavy atom. The summed E-state index contributed by atoms with van der Waals surface area (Å²) in [6.45, 7) is 0. The summed E-state index contributed by atoms with van der Waals surface area (Å²) in [6, 6.07) is 0. The smallest absolute Gasteiger partial charge is 0.0874 e. The van der Waals surface area contributed by atoms with E-state index in [1.165, 1.54) is 0 Å². The molecular formula is CH3Cl3. The summed E-state index contributed by atoms with van der Waals surface area (Å²) in [5.41, 5.74) is 0. The fourth-order valence-corrected chi connectivity index (χ4v) is 0. The van der Waals surface area contributed by atoms with Crippen molar-refractivity contribution in [3.63, 3.8) is 0 Å². The molecule has 0 aromatic rings. The quantitative estimate of drug-likeness (QED) is 0.432. The van der Waals surface area contributed by atoms with E-state index in [0.717, 1.165) is 0 Å². The summed E-state index contributed by atoms with van der Waals surface area (Å²) in [5, 5.41) is 0. The highest BCUT2D eigenvalue weighted by Gasteiger charge is 1.78. The van der Waals surface area contributed by atoms with E-state index >= 15 is 0 Å². The van der Waals surface area contributed by atoms with Gasteiger partial charge in [0.15, 0.2) is 4.30 Å². The van der Waals surface area contributed by atoms with E-state index in [1.807, 2.05) is 0 Å². The van der Waals surface area contributed by atoms with Gasteiger partial charge in [-0.25, -0.2) is 0 Å². The first-order valence-corrected chi connectivity index (χ1v) is 1.96. The normalized spacial score (nSPS) is 9.00. The summed E-state index contributed by atoms with van der Waals surface area (Å²) in [5.74, 6) is 0. The molecule has 0 heterocycles. The van der Waals surface area contributed by atoms with E-state index in [-0.39, 0.29) is 1.43 Å². The molecule has 0 radical (unpaired) electrons. The molecule has 0 unspecified atom stereocenters. The molecule has 4 heavy (non-hydrogen) atoms. The Labute approximate surface area is 41.1 Å². The van der Waals surface area contributed by atoms with Crippen LogP contribution in [0, 0.1) is 0 Å². The van der Waals surface area contributed by atoms with Crippen molar-refractivity contribution in [1.29, 1.82) is 0 Å². The number of rotatable bonds is 0. The molecule has 0 nitrogen and oxygen atoms in total. The van der Waals surface area contributed by atoms with Crippen molar-refractivity contribution in [3.8, 4) is 0 Å². The lowest BCUT2D eigenvalue weighted by molar-refractivity contribution is 1.96. The van der Waals surface area contributed by atoms with Crippen molar-refractivity contribution < 1.29 is 1.43 Å². The van der Waals surface area contributed by atoms with E-state index in [9.17, 15) is 0 Å². The van der Waals surface area contributed by atoms with Gasteiger partial charge in [-0.2, -0.15) is 0 Å². The average molecular weight is 122 g/mol. The first kappa shape index (κ1) is 4.87. The van der Waals surface area contributed by atoms with Crippen LogP contribution in [0.2, 0.25) is 0 Å². The Bertz CT molecular complexity index is 11.6. The van der Waals surface area contributed by atoms with Crippen LogP contribution in [0.5, 0.6) is 0 Å². The van der Waals surface area contributed by atoms with Crippen LogP contribution in [0.25, 0.3) is 0 Å². The minimum Gasteiger partial charge on any atom is -0.0874 e. The Morgan fingerprint density at radius 1 is 1.25 bits per heavy atom. The van der Waals surface area contributed by atoms with E-state index in [2.05, 4.69) is 0 Å². The molecule has 3 heteroatoms. The maximum absolute atomic E-state index is 4.81. The molecule has 0 saturated carbocycles. The summed E-state index contributed by atoms with van der Waals surface area (Å²) < 4.78 is -0.750. The minimum atomic E-state index is -0.750. The van der Waals surface area contributed by atoms with Gasteiger partial charge in [0.05, 0.1) is 0 Å². The molecule has 0 saturated heterocycles. The molecule has 0 aliphatic rings. The van der Waals surface area contributed by atoms with Gasteiger partial charge < -0.3 is 0 Å². The first-order valence-electron chi connectivity index (χ1n) is 0.655. The Kier molecular flexibility index (Phi) is 2.59. The van der Waals surface area contributed by atoms with Crippen LogP contribution in [0.3, 0.4) is 0 Å². The molecule has 0 atom stereocenters. The molecular weight excluding hydrogens is 118 g/mol. The van der Waals surface area contributed by atoms with Crippen molar-refractivity contribution in [2.45, 2.75) is 4.30 Å². The first-order chi connectivity index (χ1) is 1.73. The zero-order valence-corrected chi connectivity index (χ0v) is 3.98. The van der Waals surface area contributed by atoms with E-state index in [4.69, 9.17) is 34.8 Å². The zero-order chi connectivity index (χ0) is 3.58. The van der Waals surface area contributed by atoms with E-state index in [1.54, 1.807) is 0 Å². The second-order valence-corrected chi connectivity index (χ2v) is 2.23. The molecule has 0 fully saturated rings. The van der Waals surface area contributed by atoms with Gasteiger partial charge in [-0.3, -0.25) is 0 Å². The highest BCUT2D eigenvalue weighted by Crippen LogP contribution is 2.03. The van der Waals surface area contributed by atoms with Gasteiger partial charge in [0, 0.05) is 1.43 Å². The van der Waals surface area contributed by atoms with Crippen LogP contribution in [0.15, 0.2) is 0 Å². The summed E-state index contributed by atoms with van der Waals surface area (Å²) in [6.07, 6.45) is 0. The number of hydrogen-bond acceptors (Lipinski definition) is 0. The summed E-state index contributed by atoms with van der Waals surface area (Å²) in [4.78, 5) is 0. The summed E-state index contributed by atoms with van der Waals surface area (Å²) in [7, 11) is 0. The SMILES string of the molecule is ClC(Cl)Cl.[2HH]. The standard InChI is InChI=1S/CHCl3.H2/c2-1(3)4;/h1H;1H/i;1+1. The third-order valence-electron chi connectivity index (χ3n) is 0. The fraction of sp³-hybridized carbons (Fsp3) is 1.00. The van der Waals surface area contributed by atoms with Gasteiger partial charge in [-0.1, -0.05) is 34.8 Å². The van der Waals surface area contributed by atoms with Crippen molar-refractivity contribution in [2.75, 3.05) is 0 Å². The monoisotopic (exact) mass is 121 g/mol. The van der Waals surface area contributed by atoms with Crippen molar-refractivity contribution >= 4 is 34.8 Å². The number of alkyl halides is 3. The average Bonchev–Trinajstić information content (AvgIpc) is 0.811. The highest BCUT2D eigenvalue weighted by atomic mass is 35.6. The van der Waals surface area contributed by atoms with Crippen LogP contribution in [-0.2, 0) is 0 Å². The second-order valence-electron chi connectivity index (χ2n) is 0.247.